The number of benzene rings is 1. The van der Waals surface area contributed by atoms with Crippen LogP contribution in [0.15, 0.2) is 18.2 Å². The van der Waals surface area contributed by atoms with Crippen LogP contribution in [0, 0.1) is 0 Å². The molecular formula is C18H22O5. The summed E-state index contributed by atoms with van der Waals surface area (Å²) < 4.78 is 5.36. The van der Waals surface area contributed by atoms with Crippen molar-refractivity contribution in [3.8, 4) is 11.5 Å². The number of ether oxygens (including phenoxy) is 1. The number of allylic oxidation sites excluding steroid dienone is 1. The van der Waals surface area contributed by atoms with Gasteiger partial charge in [-0.3, -0.25) is 4.79 Å². The van der Waals surface area contributed by atoms with Gasteiger partial charge in [0.25, 0.3) is 0 Å². The Hall–Kier alpha value is -2.30. The molecule has 2 N–H and O–H groups in total. The van der Waals surface area contributed by atoms with Gasteiger partial charge in [0.2, 0.25) is 0 Å². The number of aromatic hydroxyl groups is 2. The van der Waals surface area contributed by atoms with Crippen LogP contribution in [0.3, 0.4) is 0 Å². The van der Waals surface area contributed by atoms with Crippen molar-refractivity contribution in [2.45, 2.75) is 51.6 Å². The molecule has 0 fully saturated rings. The maximum atomic E-state index is 12.3. The average molecular weight is 318 g/mol. The Kier molecular flexibility index (Phi) is 5.79. The fraction of sp³-hybridized carbons (Fsp3) is 0.444. The van der Waals surface area contributed by atoms with Crippen molar-refractivity contribution in [1.82, 2.24) is 0 Å². The van der Waals surface area contributed by atoms with Crippen LogP contribution in [0.5, 0.6) is 11.5 Å². The van der Waals surface area contributed by atoms with Crippen LogP contribution in [-0.2, 0) is 9.53 Å². The van der Waals surface area contributed by atoms with Crippen molar-refractivity contribution < 1.29 is 24.5 Å². The second-order valence-electron chi connectivity index (χ2n) is 5.87. The Morgan fingerprint density at radius 2 is 1.87 bits per heavy atom. The summed E-state index contributed by atoms with van der Waals surface area (Å²) in [4.78, 5) is 24.0. The first-order chi connectivity index (χ1) is 11.0. The molecule has 0 aliphatic carbocycles. The minimum Gasteiger partial charge on any atom is -0.508 e. The summed E-state index contributed by atoms with van der Waals surface area (Å²) in [7, 11) is 0. The van der Waals surface area contributed by atoms with Crippen molar-refractivity contribution in [3.63, 3.8) is 0 Å². The van der Waals surface area contributed by atoms with Crippen molar-refractivity contribution in [3.05, 3.63) is 29.3 Å². The quantitative estimate of drug-likeness (QED) is 0.714. The van der Waals surface area contributed by atoms with Gasteiger partial charge >= 0.3 is 5.97 Å². The zero-order valence-electron chi connectivity index (χ0n) is 13.2. The Morgan fingerprint density at radius 3 is 2.65 bits per heavy atom. The maximum Gasteiger partial charge on any atom is 0.339 e. The molecule has 5 nitrogen and oxygen atoms in total. The van der Waals surface area contributed by atoms with E-state index in [2.05, 4.69) is 0 Å². The number of phenols is 2. The fourth-order valence-electron chi connectivity index (χ4n) is 2.60. The van der Waals surface area contributed by atoms with Crippen molar-refractivity contribution >= 4 is 17.8 Å². The van der Waals surface area contributed by atoms with Gasteiger partial charge in [0.05, 0.1) is 11.7 Å². The summed E-state index contributed by atoms with van der Waals surface area (Å²) in [5.41, 5.74) is 0.460. The monoisotopic (exact) mass is 318 g/mol. The first-order valence-electron chi connectivity index (χ1n) is 7.92. The van der Waals surface area contributed by atoms with E-state index in [4.69, 9.17) is 4.74 Å². The molecule has 23 heavy (non-hydrogen) atoms. The molecule has 1 atom stereocenters. The van der Waals surface area contributed by atoms with Crippen molar-refractivity contribution in [2.24, 2.45) is 0 Å². The maximum absolute atomic E-state index is 12.3. The van der Waals surface area contributed by atoms with E-state index in [-0.39, 0.29) is 28.9 Å². The zero-order valence-corrected chi connectivity index (χ0v) is 13.2. The minimum absolute atomic E-state index is 0.138. The lowest BCUT2D eigenvalue weighted by Crippen LogP contribution is -2.16. The number of fused-ring (bicyclic) bond motifs is 1. The molecule has 0 amide bonds. The van der Waals surface area contributed by atoms with E-state index in [0.29, 0.717) is 37.7 Å². The van der Waals surface area contributed by atoms with Crippen LogP contribution in [0.4, 0.5) is 0 Å². The Labute approximate surface area is 135 Å². The third-order valence-electron chi connectivity index (χ3n) is 3.85. The first-order valence-corrected chi connectivity index (χ1v) is 7.92. The molecule has 1 aliphatic rings. The summed E-state index contributed by atoms with van der Waals surface area (Å²) in [6.45, 7) is 1.77. The largest absolute Gasteiger partial charge is 0.508 e. The van der Waals surface area contributed by atoms with Crippen LogP contribution in [0.2, 0.25) is 0 Å². The van der Waals surface area contributed by atoms with Crippen molar-refractivity contribution in [2.75, 3.05) is 0 Å². The predicted octanol–water partition coefficient (Wildman–Crippen LogP) is 3.58. The van der Waals surface area contributed by atoms with Crippen LogP contribution < -0.4 is 0 Å². The van der Waals surface area contributed by atoms with Gasteiger partial charge in [-0.05, 0) is 38.7 Å². The molecule has 1 unspecified atom stereocenters. The smallest absolute Gasteiger partial charge is 0.339 e. The molecule has 1 aromatic carbocycles. The van der Waals surface area contributed by atoms with Gasteiger partial charge in [0, 0.05) is 24.5 Å². The van der Waals surface area contributed by atoms with E-state index in [9.17, 15) is 19.8 Å². The lowest BCUT2D eigenvalue weighted by atomic mass is 10.0. The molecule has 1 heterocycles. The summed E-state index contributed by atoms with van der Waals surface area (Å²) in [5.74, 6) is -0.733. The van der Waals surface area contributed by atoms with Gasteiger partial charge in [0.1, 0.15) is 17.3 Å². The Balaban J connectivity index is 2.32. The van der Waals surface area contributed by atoms with Gasteiger partial charge in [-0.15, -0.1) is 0 Å². The molecule has 0 radical (unpaired) electrons. The number of rotatable bonds is 0. The van der Waals surface area contributed by atoms with Crippen LogP contribution >= 0.6 is 0 Å². The highest BCUT2D eigenvalue weighted by Crippen LogP contribution is 2.30. The fourth-order valence-corrected chi connectivity index (χ4v) is 2.60. The molecule has 0 saturated carbocycles. The summed E-state index contributed by atoms with van der Waals surface area (Å²) in [5, 5.41) is 19.6. The number of hydrogen-bond donors (Lipinski definition) is 2. The normalized spacial score (nSPS) is 21.9. The van der Waals surface area contributed by atoms with E-state index >= 15 is 0 Å². The third kappa shape index (κ3) is 4.84. The molecule has 0 saturated heterocycles. The van der Waals surface area contributed by atoms with Gasteiger partial charge in [-0.25, -0.2) is 4.79 Å². The number of Topliss-reactive ketones (excluding diaryl/α,β-unsaturated/α-hetero) is 1. The van der Waals surface area contributed by atoms with Crippen LogP contribution in [-0.4, -0.2) is 28.1 Å². The number of esters is 1. The Bertz CT molecular complexity index is 618. The summed E-state index contributed by atoms with van der Waals surface area (Å²) in [6, 6.07) is 2.48. The lowest BCUT2D eigenvalue weighted by molar-refractivity contribution is -0.119. The van der Waals surface area contributed by atoms with E-state index in [0.717, 1.165) is 6.42 Å². The standard InChI is InChI=1S/C18H22O5/c1-12-6-5-8-13(19)7-3-2-4-9-15-16(18(22)23-12)10-14(20)11-17(15)21/h4,9-12,20-21H,2-3,5-8H2,1H3/b9-4+. The average Bonchev–Trinajstić information content (AvgIpc) is 2.47. The highest BCUT2D eigenvalue weighted by Gasteiger charge is 2.19. The molecule has 5 heteroatoms. The highest BCUT2D eigenvalue weighted by atomic mass is 16.5. The molecule has 1 aliphatic heterocycles. The van der Waals surface area contributed by atoms with Crippen LogP contribution in [0.25, 0.3) is 6.08 Å². The Morgan fingerprint density at radius 1 is 1.13 bits per heavy atom. The van der Waals surface area contributed by atoms with E-state index < -0.39 is 5.97 Å². The lowest BCUT2D eigenvalue weighted by Gasteiger charge is -2.15. The number of carbonyl (C=O) groups is 2. The summed E-state index contributed by atoms with van der Waals surface area (Å²) in [6.07, 6.45) is 6.85. The zero-order chi connectivity index (χ0) is 16.8. The second kappa shape index (κ2) is 7.81. The van der Waals surface area contributed by atoms with Crippen LogP contribution in [0.1, 0.15) is 61.4 Å². The molecule has 124 valence electrons. The molecule has 0 bridgehead atoms. The second-order valence-corrected chi connectivity index (χ2v) is 5.87. The molecule has 2 rings (SSSR count). The topological polar surface area (TPSA) is 83.8 Å². The molecule has 0 aromatic heterocycles. The van der Waals surface area contributed by atoms with Gasteiger partial charge in [-0.1, -0.05) is 12.2 Å². The molecular weight excluding hydrogens is 296 g/mol. The number of cyclic esters (lactones) is 1. The van der Waals surface area contributed by atoms with Gasteiger partial charge in [0.15, 0.2) is 0 Å². The highest BCUT2D eigenvalue weighted by molar-refractivity contribution is 5.95. The number of carbonyl (C=O) groups excluding carboxylic acids is 2. The third-order valence-corrected chi connectivity index (χ3v) is 3.85. The number of phenolic OH excluding ortho intramolecular Hbond substituents is 2. The first kappa shape index (κ1) is 17.1. The summed E-state index contributed by atoms with van der Waals surface area (Å²) >= 11 is 0. The van der Waals surface area contributed by atoms with E-state index in [1.54, 1.807) is 13.0 Å². The van der Waals surface area contributed by atoms with E-state index in [1.807, 2.05) is 6.08 Å². The molecule has 1 aromatic rings. The number of ketones is 1. The minimum atomic E-state index is -0.591. The SMILES string of the molecule is CC1CCCC(=O)CCC/C=C/c2c(O)cc(O)cc2C(=O)O1. The van der Waals surface area contributed by atoms with Crippen molar-refractivity contribution in [1.29, 1.82) is 0 Å². The van der Waals surface area contributed by atoms with Gasteiger partial charge in [-0.2, -0.15) is 0 Å². The van der Waals surface area contributed by atoms with E-state index in [1.165, 1.54) is 12.1 Å². The molecule has 0 spiro atoms. The van der Waals surface area contributed by atoms with Gasteiger partial charge < -0.3 is 14.9 Å². The predicted molar refractivity (Wildman–Crippen MR) is 86.4 cm³/mol. The number of hydrogen-bond acceptors (Lipinski definition) is 5.